The Bertz CT molecular complexity index is 429. The van der Waals surface area contributed by atoms with Crippen LogP contribution in [0, 0.1) is 5.92 Å². The highest BCUT2D eigenvalue weighted by Crippen LogP contribution is 2.28. The van der Waals surface area contributed by atoms with Gasteiger partial charge in [-0.25, -0.2) is 0 Å². The Balaban J connectivity index is 1.47. The van der Waals surface area contributed by atoms with Crippen molar-refractivity contribution in [3.63, 3.8) is 0 Å². The summed E-state index contributed by atoms with van der Waals surface area (Å²) in [5.74, 6) is 0.847. The second-order valence-electron chi connectivity index (χ2n) is 6.10. The van der Waals surface area contributed by atoms with Crippen LogP contribution in [-0.4, -0.2) is 37.8 Å². The summed E-state index contributed by atoms with van der Waals surface area (Å²) < 4.78 is 5.72. The maximum Gasteiger partial charge on any atom is 0.0641 e. The molecular weight excluding hydrogens is 250 g/mol. The summed E-state index contributed by atoms with van der Waals surface area (Å²) in [5, 5.41) is 3.56. The normalized spacial score (nSPS) is 18.2. The van der Waals surface area contributed by atoms with Crippen LogP contribution in [0.25, 0.3) is 0 Å². The predicted molar refractivity (Wildman–Crippen MR) is 80.9 cm³/mol. The summed E-state index contributed by atoms with van der Waals surface area (Å²) in [6, 6.07) is 2.83. The van der Waals surface area contributed by atoms with Crippen molar-refractivity contribution in [3.05, 3.63) is 24.0 Å². The van der Waals surface area contributed by atoms with Crippen LogP contribution in [-0.2, 0) is 11.3 Å². The molecule has 0 radical (unpaired) electrons. The lowest BCUT2D eigenvalue weighted by Crippen LogP contribution is -2.25. The van der Waals surface area contributed by atoms with Crippen LogP contribution in [0.5, 0.6) is 0 Å². The maximum atomic E-state index is 5.72. The molecule has 0 bridgehead atoms. The van der Waals surface area contributed by atoms with Crippen molar-refractivity contribution in [3.8, 4) is 0 Å². The quantitative estimate of drug-likeness (QED) is 0.701. The van der Waals surface area contributed by atoms with Gasteiger partial charge in [0.2, 0.25) is 0 Å². The molecule has 1 N–H and O–H groups in total. The van der Waals surface area contributed by atoms with Gasteiger partial charge in [0.1, 0.15) is 0 Å². The molecule has 1 aromatic heterocycles. The Morgan fingerprint density at radius 1 is 1.35 bits per heavy atom. The molecule has 2 saturated carbocycles. The van der Waals surface area contributed by atoms with E-state index in [1.807, 2.05) is 12.4 Å². The lowest BCUT2D eigenvalue weighted by atomic mass is 10.2. The van der Waals surface area contributed by atoms with E-state index >= 15 is 0 Å². The zero-order chi connectivity index (χ0) is 13.8. The van der Waals surface area contributed by atoms with Gasteiger partial charge in [-0.1, -0.05) is 0 Å². The molecule has 0 atom stereocenters. The fraction of sp³-hybridized carbons (Fsp3) is 0.688. The van der Waals surface area contributed by atoms with Gasteiger partial charge >= 0.3 is 0 Å². The highest BCUT2D eigenvalue weighted by molar-refractivity contribution is 5.51. The Labute approximate surface area is 121 Å². The van der Waals surface area contributed by atoms with E-state index in [1.165, 1.54) is 36.9 Å². The number of pyridine rings is 1. The first-order valence-corrected chi connectivity index (χ1v) is 7.78. The number of aromatic nitrogens is 1. The molecule has 4 heteroatoms. The molecule has 4 nitrogen and oxygen atoms in total. The molecule has 0 aliphatic heterocycles. The van der Waals surface area contributed by atoms with Crippen molar-refractivity contribution in [2.75, 3.05) is 31.7 Å². The fourth-order valence-electron chi connectivity index (χ4n) is 2.33. The molecule has 3 rings (SSSR count). The molecule has 2 aliphatic carbocycles. The van der Waals surface area contributed by atoms with Gasteiger partial charge in [-0.3, -0.25) is 4.98 Å². The number of hydrogen-bond donors (Lipinski definition) is 1. The Kier molecular flexibility index (Phi) is 4.53. The number of rotatable bonds is 9. The summed E-state index contributed by atoms with van der Waals surface area (Å²) >= 11 is 0. The highest BCUT2D eigenvalue weighted by atomic mass is 16.5. The number of anilines is 1. The minimum Gasteiger partial charge on any atom is -0.379 e. The smallest absolute Gasteiger partial charge is 0.0641 e. The van der Waals surface area contributed by atoms with E-state index in [1.54, 1.807) is 0 Å². The second-order valence-corrected chi connectivity index (χ2v) is 6.10. The van der Waals surface area contributed by atoms with Crippen LogP contribution >= 0.6 is 0 Å². The van der Waals surface area contributed by atoms with Gasteiger partial charge in [-0.05, 0) is 37.7 Å². The molecule has 0 saturated heterocycles. The molecule has 2 fully saturated rings. The molecule has 110 valence electrons. The van der Waals surface area contributed by atoms with E-state index in [2.05, 4.69) is 28.3 Å². The third-order valence-corrected chi connectivity index (χ3v) is 4.07. The average Bonchev–Trinajstić information content (AvgIpc) is 3.36. The van der Waals surface area contributed by atoms with Crippen LogP contribution in [0.1, 0.15) is 31.2 Å². The SMILES string of the molecule is CN(CCOCC1CC1)c1ccncc1CNC1CC1. The third kappa shape index (κ3) is 4.18. The Hall–Kier alpha value is -1.13. The van der Waals surface area contributed by atoms with Gasteiger partial charge in [0.15, 0.2) is 0 Å². The summed E-state index contributed by atoms with van der Waals surface area (Å²) in [7, 11) is 2.14. The van der Waals surface area contributed by atoms with Gasteiger partial charge in [0, 0.05) is 56.4 Å². The van der Waals surface area contributed by atoms with Crippen LogP contribution in [0.3, 0.4) is 0 Å². The summed E-state index contributed by atoms with van der Waals surface area (Å²) in [5.41, 5.74) is 2.55. The van der Waals surface area contributed by atoms with E-state index in [-0.39, 0.29) is 0 Å². The fourth-order valence-corrected chi connectivity index (χ4v) is 2.33. The van der Waals surface area contributed by atoms with E-state index < -0.39 is 0 Å². The van der Waals surface area contributed by atoms with Gasteiger partial charge in [-0.2, -0.15) is 0 Å². The van der Waals surface area contributed by atoms with Crippen molar-refractivity contribution in [2.45, 2.75) is 38.3 Å². The van der Waals surface area contributed by atoms with E-state index in [0.717, 1.165) is 38.3 Å². The molecule has 2 aliphatic rings. The largest absolute Gasteiger partial charge is 0.379 e. The Morgan fingerprint density at radius 2 is 2.20 bits per heavy atom. The van der Waals surface area contributed by atoms with Gasteiger partial charge < -0.3 is 15.0 Å². The first kappa shape index (κ1) is 13.8. The molecule has 1 heterocycles. The number of likely N-dealkylation sites (N-methyl/N-ethyl adjacent to an activating group) is 1. The van der Waals surface area contributed by atoms with Crippen LogP contribution < -0.4 is 10.2 Å². The van der Waals surface area contributed by atoms with Crippen molar-refractivity contribution in [1.29, 1.82) is 0 Å². The van der Waals surface area contributed by atoms with Crippen molar-refractivity contribution >= 4 is 5.69 Å². The van der Waals surface area contributed by atoms with Gasteiger partial charge in [-0.15, -0.1) is 0 Å². The Morgan fingerprint density at radius 3 is 2.95 bits per heavy atom. The lowest BCUT2D eigenvalue weighted by molar-refractivity contribution is 0.131. The molecule has 0 unspecified atom stereocenters. The third-order valence-electron chi connectivity index (χ3n) is 4.07. The minimum absolute atomic E-state index is 0.732. The maximum absolute atomic E-state index is 5.72. The topological polar surface area (TPSA) is 37.4 Å². The zero-order valence-corrected chi connectivity index (χ0v) is 12.3. The molecule has 0 amide bonds. The van der Waals surface area contributed by atoms with Crippen molar-refractivity contribution in [2.24, 2.45) is 5.92 Å². The van der Waals surface area contributed by atoms with E-state index in [0.29, 0.717) is 0 Å². The number of ether oxygens (including phenoxy) is 1. The van der Waals surface area contributed by atoms with Crippen molar-refractivity contribution in [1.82, 2.24) is 10.3 Å². The predicted octanol–water partition coefficient (Wildman–Crippen LogP) is 2.20. The first-order valence-electron chi connectivity index (χ1n) is 7.78. The molecule has 1 aromatic rings. The monoisotopic (exact) mass is 275 g/mol. The van der Waals surface area contributed by atoms with Crippen LogP contribution in [0.4, 0.5) is 5.69 Å². The van der Waals surface area contributed by atoms with E-state index in [4.69, 9.17) is 4.74 Å². The van der Waals surface area contributed by atoms with Crippen LogP contribution in [0.2, 0.25) is 0 Å². The number of hydrogen-bond acceptors (Lipinski definition) is 4. The number of nitrogens with zero attached hydrogens (tertiary/aromatic N) is 2. The number of nitrogens with one attached hydrogen (secondary N) is 1. The first-order chi connectivity index (χ1) is 9.83. The van der Waals surface area contributed by atoms with Gasteiger partial charge in [0.05, 0.1) is 6.61 Å². The summed E-state index contributed by atoms with van der Waals surface area (Å²) in [6.07, 6.45) is 9.21. The van der Waals surface area contributed by atoms with Crippen molar-refractivity contribution < 1.29 is 4.74 Å². The summed E-state index contributed by atoms with van der Waals surface area (Å²) in [6.45, 7) is 3.61. The standard InChI is InChI=1S/C16H25N3O/c1-19(8-9-20-12-13-2-3-13)16-6-7-17-10-14(16)11-18-15-4-5-15/h6-7,10,13,15,18H,2-5,8-9,11-12H2,1H3. The zero-order valence-electron chi connectivity index (χ0n) is 12.3. The lowest BCUT2D eigenvalue weighted by Gasteiger charge is -2.22. The highest BCUT2D eigenvalue weighted by Gasteiger charge is 2.22. The molecular formula is C16H25N3O. The molecule has 20 heavy (non-hydrogen) atoms. The van der Waals surface area contributed by atoms with Gasteiger partial charge in [0.25, 0.3) is 0 Å². The molecule has 0 spiro atoms. The summed E-state index contributed by atoms with van der Waals surface area (Å²) in [4.78, 5) is 6.53. The average molecular weight is 275 g/mol. The second kappa shape index (κ2) is 6.55. The minimum atomic E-state index is 0.732. The van der Waals surface area contributed by atoms with E-state index in [9.17, 15) is 0 Å². The van der Waals surface area contributed by atoms with Crippen LogP contribution in [0.15, 0.2) is 18.5 Å². The molecule has 0 aromatic carbocycles.